The largest absolute Gasteiger partial charge is 0.463 e. The van der Waals surface area contributed by atoms with Crippen LogP contribution in [0.15, 0.2) is 22.3 Å². The Morgan fingerprint density at radius 3 is 2.52 bits per heavy atom. The van der Waals surface area contributed by atoms with E-state index in [9.17, 15) is 15.3 Å². The summed E-state index contributed by atoms with van der Waals surface area (Å²) in [6.45, 7) is 2.25. The second-order valence-electron chi connectivity index (χ2n) is 7.91. The highest BCUT2D eigenvalue weighted by molar-refractivity contribution is 5.93. The smallest absolute Gasteiger partial charge is 0.334 e. The lowest BCUT2D eigenvalue weighted by atomic mass is 9.55. The number of carbonyl (C=O) groups is 1. The van der Waals surface area contributed by atoms with Crippen molar-refractivity contribution in [3.8, 4) is 12.1 Å². The van der Waals surface area contributed by atoms with Gasteiger partial charge in [-0.25, -0.2) is 4.79 Å². The molecule has 0 aliphatic heterocycles. The molecule has 0 N–H and O–H groups in total. The fourth-order valence-electron chi connectivity index (χ4n) is 6.09. The van der Waals surface area contributed by atoms with Crippen LogP contribution >= 0.6 is 0 Å². The van der Waals surface area contributed by atoms with Crippen LogP contribution in [-0.2, 0) is 9.53 Å². The Kier molecular flexibility index (Phi) is 4.16. The van der Waals surface area contributed by atoms with Gasteiger partial charge in [0.05, 0.1) is 6.61 Å². The summed E-state index contributed by atoms with van der Waals surface area (Å²) in [4.78, 5) is 12.7. The van der Waals surface area contributed by atoms with Gasteiger partial charge in [-0.2, -0.15) is 10.5 Å². The summed E-state index contributed by atoms with van der Waals surface area (Å²) in [6, 6.07) is 4.14. The number of ether oxygens (including phenoxy) is 1. The van der Waals surface area contributed by atoms with Gasteiger partial charge in [-0.15, -0.1) is 0 Å². The first-order valence-corrected chi connectivity index (χ1v) is 9.65. The number of fused-ring (bicyclic) bond motifs is 5. The lowest BCUT2D eigenvalue weighted by molar-refractivity contribution is -0.140. The molecular weight excluding hydrogens is 312 g/mol. The fraction of sp³-hybridized carbons (Fsp3) is 0.667. The minimum absolute atomic E-state index is 0.147. The highest BCUT2D eigenvalue weighted by atomic mass is 16.5. The summed E-state index contributed by atoms with van der Waals surface area (Å²) in [5.41, 5.74) is 3.59. The summed E-state index contributed by atoms with van der Waals surface area (Å²) in [6.07, 6.45) is 8.11. The molecule has 0 aromatic carbocycles. The van der Waals surface area contributed by atoms with E-state index in [1.54, 1.807) is 0 Å². The van der Waals surface area contributed by atoms with Gasteiger partial charge in [0, 0.05) is 11.5 Å². The standard InChI is InChI=1S/C21H24N2O2/c1-2-25-21(24)20-17(12-6-4-3-5-7-12)18-13-8-15(14(10-22)11-23)16(9-13)19(18)20/h12-13,16,18-19H,2-9H2,1H3/t13-,16-,18-,19-/m0/s1. The van der Waals surface area contributed by atoms with Gasteiger partial charge in [-0.3, -0.25) is 0 Å². The van der Waals surface area contributed by atoms with E-state index < -0.39 is 0 Å². The van der Waals surface area contributed by atoms with Gasteiger partial charge in [0.1, 0.15) is 17.7 Å². The maximum absolute atomic E-state index is 12.7. The molecule has 2 bridgehead atoms. The first-order chi connectivity index (χ1) is 12.2. The molecule has 0 aromatic rings. The van der Waals surface area contributed by atoms with Crippen LogP contribution in [0.3, 0.4) is 0 Å². The van der Waals surface area contributed by atoms with E-state index in [4.69, 9.17) is 4.74 Å². The van der Waals surface area contributed by atoms with E-state index in [1.807, 2.05) is 6.92 Å². The van der Waals surface area contributed by atoms with Gasteiger partial charge in [0.25, 0.3) is 0 Å². The Bertz CT molecular complexity index is 727. The molecule has 3 fully saturated rings. The molecule has 0 amide bonds. The van der Waals surface area contributed by atoms with Crippen molar-refractivity contribution in [2.75, 3.05) is 6.61 Å². The van der Waals surface area contributed by atoms with Crippen molar-refractivity contribution in [3.63, 3.8) is 0 Å². The number of rotatable bonds is 3. The van der Waals surface area contributed by atoms with Gasteiger partial charge in [0.2, 0.25) is 0 Å². The molecule has 130 valence electrons. The zero-order valence-corrected chi connectivity index (χ0v) is 14.8. The lowest BCUT2D eigenvalue weighted by Gasteiger charge is -2.48. The van der Waals surface area contributed by atoms with Gasteiger partial charge < -0.3 is 4.74 Å². The molecule has 3 saturated carbocycles. The predicted molar refractivity (Wildman–Crippen MR) is 91.7 cm³/mol. The zero-order chi connectivity index (χ0) is 17.6. The third-order valence-corrected chi connectivity index (χ3v) is 6.90. The Morgan fingerprint density at radius 1 is 1.16 bits per heavy atom. The van der Waals surface area contributed by atoms with E-state index in [1.165, 1.54) is 37.7 Å². The van der Waals surface area contributed by atoms with Crippen LogP contribution < -0.4 is 0 Å². The molecule has 4 rings (SSSR count). The molecule has 4 aliphatic carbocycles. The Hall–Kier alpha value is -2.07. The van der Waals surface area contributed by atoms with Crippen molar-refractivity contribution in [1.82, 2.24) is 0 Å². The van der Waals surface area contributed by atoms with Gasteiger partial charge in [-0.1, -0.05) is 24.8 Å². The number of allylic oxidation sites excluding steroid dienone is 3. The third kappa shape index (κ3) is 2.35. The van der Waals surface area contributed by atoms with Crippen LogP contribution in [0.1, 0.15) is 51.9 Å². The molecule has 0 spiro atoms. The number of esters is 1. The molecule has 4 atom stereocenters. The van der Waals surface area contributed by atoms with Crippen molar-refractivity contribution in [3.05, 3.63) is 22.3 Å². The molecule has 4 aliphatic rings. The molecule has 4 heteroatoms. The molecule has 4 nitrogen and oxygen atoms in total. The van der Waals surface area contributed by atoms with Crippen LogP contribution in [-0.4, -0.2) is 12.6 Å². The van der Waals surface area contributed by atoms with Gasteiger partial charge >= 0.3 is 5.97 Å². The highest BCUT2D eigenvalue weighted by Crippen LogP contribution is 2.67. The normalized spacial score (nSPS) is 33.3. The van der Waals surface area contributed by atoms with Crippen molar-refractivity contribution in [1.29, 1.82) is 10.5 Å². The van der Waals surface area contributed by atoms with Crippen LogP contribution in [0.5, 0.6) is 0 Å². The van der Waals surface area contributed by atoms with Crippen molar-refractivity contribution < 1.29 is 9.53 Å². The molecule has 0 aromatic heterocycles. The molecule has 0 radical (unpaired) electrons. The third-order valence-electron chi connectivity index (χ3n) is 6.90. The van der Waals surface area contributed by atoms with Gasteiger partial charge in [0.15, 0.2) is 0 Å². The average molecular weight is 336 g/mol. The summed E-state index contributed by atoms with van der Waals surface area (Å²) >= 11 is 0. The molecule has 0 unspecified atom stereocenters. The summed E-state index contributed by atoms with van der Waals surface area (Å²) in [7, 11) is 0. The topological polar surface area (TPSA) is 73.9 Å². The van der Waals surface area contributed by atoms with Gasteiger partial charge in [-0.05, 0) is 61.9 Å². The molecule has 0 saturated heterocycles. The van der Waals surface area contributed by atoms with E-state index >= 15 is 0 Å². The molecule has 0 heterocycles. The minimum Gasteiger partial charge on any atom is -0.463 e. The van der Waals surface area contributed by atoms with E-state index in [2.05, 4.69) is 12.1 Å². The SMILES string of the molecule is CCOC(=O)C1=C(C2CCCCC2)[C@@H]2[C@H]3CC(=C(C#N)C#N)[C@H](C3)[C@H]12. The van der Waals surface area contributed by atoms with Crippen LogP contribution in [0.25, 0.3) is 0 Å². The van der Waals surface area contributed by atoms with E-state index in [-0.39, 0.29) is 23.4 Å². The van der Waals surface area contributed by atoms with Crippen LogP contribution in [0.4, 0.5) is 0 Å². The zero-order valence-electron chi connectivity index (χ0n) is 14.8. The number of nitriles is 2. The lowest BCUT2D eigenvalue weighted by Crippen LogP contribution is -2.43. The number of hydrogen-bond donors (Lipinski definition) is 0. The highest BCUT2D eigenvalue weighted by Gasteiger charge is 2.61. The number of nitrogens with zero attached hydrogens (tertiary/aromatic N) is 2. The van der Waals surface area contributed by atoms with E-state index in [0.29, 0.717) is 24.4 Å². The van der Waals surface area contributed by atoms with Crippen molar-refractivity contribution in [2.24, 2.45) is 29.6 Å². The van der Waals surface area contributed by atoms with Crippen LogP contribution in [0, 0.1) is 52.3 Å². The Morgan fingerprint density at radius 2 is 1.88 bits per heavy atom. The first kappa shape index (κ1) is 16.4. The predicted octanol–water partition coefficient (Wildman–Crippen LogP) is 4.06. The quantitative estimate of drug-likeness (QED) is 0.575. The second kappa shape index (κ2) is 6.34. The Labute approximate surface area is 149 Å². The molecule has 25 heavy (non-hydrogen) atoms. The summed E-state index contributed by atoms with van der Waals surface area (Å²) < 4.78 is 5.39. The molecular formula is C21H24N2O2. The Balaban J connectivity index is 1.72. The van der Waals surface area contributed by atoms with Crippen molar-refractivity contribution in [2.45, 2.75) is 51.9 Å². The summed E-state index contributed by atoms with van der Waals surface area (Å²) in [5.74, 6) is 1.81. The average Bonchev–Trinajstić information content (AvgIpc) is 3.12. The summed E-state index contributed by atoms with van der Waals surface area (Å²) in [5, 5.41) is 18.5. The number of hydrogen-bond acceptors (Lipinski definition) is 4. The first-order valence-electron chi connectivity index (χ1n) is 9.65. The van der Waals surface area contributed by atoms with E-state index in [0.717, 1.165) is 24.0 Å². The number of carbonyl (C=O) groups excluding carboxylic acids is 1. The maximum atomic E-state index is 12.7. The van der Waals surface area contributed by atoms with Crippen LogP contribution in [0.2, 0.25) is 0 Å². The monoisotopic (exact) mass is 336 g/mol. The van der Waals surface area contributed by atoms with Crippen molar-refractivity contribution >= 4 is 5.97 Å². The maximum Gasteiger partial charge on any atom is 0.334 e. The second-order valence-corrected chi connectivity index (χ2v) is 7.91. The minimum atomic E-state index is -0.147. The fourth-order valence-corrected chi connectivity index (χ4v) is 6.09.